The van der Waals surface area contributed by atoms with Gasteiger partial charge in [0.15, 0.2) is 0 Å². The molecule has 116 valence electrons. The third kappa shape index (κ3) is 4.21. The van der Waals surface area contributed by atoms with Crippen molar-refractivity contribution in [2.24, 2.45) is 0 Å². The van der Waals surface area contributed by atoms with Crippen molar-refractivity contribution in [1.29, 1.82) is 0 Å². The molecule has 2 aliphatic heterocycles. The monoisotopic (exact) mass is 288 g/mol. The van der Waals surface area contributed by atoms with Crippen molar-refractivity contribution in [1.82, 2.24) is 9.80 Å². The fourth-order valence-corrected chi connectivity index (χ4v) is 3.61. The van der Waals surface area contributed by atoms with Gasteiger partial charge in [-0.2, -0.15) is 0 Å². The Morgan fingerprint density at radius 3 is 2.57 bits per heavy atom. The van der Waals surface area contributed by atoms with E-state index in [-0.39, 0.29) is 0 Å². The van der Waals surface area contributed by atoms with Gasteiger partial charge in [-0.25, -0.2) is 0 Å². The third-order valence-electron chi connectivity index (χ3n) is 4.88. The van der Waals surface area contributed by atoms with Crippen LogP contribution in [0.4, 0.5) is 0 Å². The molecule has 1 aromatic rings. The summed E-state index contributed by atoms with van der Waals surface area (Å²) in [4.78, 5) is 5.27. The Balaban J connectivity index is 1.35. The fraction of sp³-hybridized carbons (Fsp3) is 0.667. The van der Waals surface area contributed by atoms with Gasteiger partial charge in [0.05, 0.1) is 0 Å². The van der Waals surface area contributed by atoms with Gasteiger partial charge in [0, 0.05) is 12.6 Å². The van der Waals surface area contributed by atoms with E-state index in [2.05, 4.69) is 34.9 Å². The minimum Gasteiger partial charge on any atom is -0.492 e. The van der Waals surface area contributed by atoms with Crippen LogP contribution in [0.2, 0.25) is 0 Å². The summed E-state index contributed by atoms with van der Waals surface area (Å²) in [6, 6.07) is 9.18. The number of benzene rings is 1. The van der Waals surface area contributed by atoms with E-state index in [1.807, 2.05) is 6.07 Å². The molecule has 0 aliphatic carbocycles. The highest BCUT2D eigenvalue weighted by atomic mass is 16.5. The molecule has 1 aromatic carbocycles. The van der Waals surface area contributed by atoms with Gasteiger partial charge >= 0.3 is 0 Å². The largest absolute Gasteiger partial charge is 0.492 e. The molecule has 2 fully saturated rings. The molecule has 2 saturated heterocycles. The van der Waals surface area contributed by atoms with Crippen molar-refractivity contribution >= 4 is 0 Å². The fourth-order valence-electron chi connectivity index (χ4n) is 3.61. The van der Waals surface area contributed by atoms with E-state index in [4.69, 9.17) is 4.74 Å². The molecule has 0 radical (unpaired) electrons. The SMILES string of the molecule is Cc1cccc(OCCN2CCC(N3CCCC3)CC2)c1. The predicted octanol–water partition coefficient (Wildman–Crippen LogP) is 2.93. The van der Waals surface area contributed by atoms with Gasteiger partial charge in [0.2, 0.25) is 0 Å². The Morgan fingerprint density at radius 1 is 1.10 bits per heavy atom. The normalized spacial score (nSPS) is 21.8. The number of rotatable bonds is 5. The number of nitrogens with zero attached hydrogens (tertiary/aromatic N) is 2. The second-order valence-corrected chi connectivity index (χ2v) is 6.48. The summed E-state index contributed by atoms with van der Waals surface area (Å²) in [7, 11) is 0. The third-order valence-corrected chi connectivity index (χ3v) is 4.88. The number of hydrogen-bond acceptors (Lipinski definition) is 3. The van der Waals surface area contributed by atoms with Crippen LogP contribution in [-0.2, 0) is 0 Å². The van der Waals surface area contributed by atoms with Crippen LogP contribution in [0.25, 0.3) is 0 Å². The lowest BCUT2D eigenvalue weighted by Crippen LogP contribution is -2.44. The highest BCUT2D eigenvalue weighted by Gasteiger charge is 2.26. The molecular weight excluding hydrogens is 260 g/mol. The molecule has 3 nitrogen and oxygen atoms in total. The molecular formula is C18H28N2O. The Bertz CT molecular complexity index is 435. The summed E-state index contributed by atoms with van der Waals surface area (Å²) >= 11 is 0. The second kappa shape index (κ2) is 7.28. The quantitative estimate of drug-likeness (QED) is 0.828. The Labute approximate surface area is 128 Å². The van der Waals surface area contributed by atoms with Crippen molar-refractivity contribution in [2.45, 2.75) is 38.6 Å². The van der Waals surface area contributed by atoms with Crippen LogP contribution in [0, 0.1) is 6.92 Å². The molecule has 3 rings (SSSR count). The lowest BCUT2D eigenvalue weighted by molar-refractivity contribution is 0.114. The molecule has 0 bridgehead atoms. The standard InChI is InChI=1S/C18H28N2O/c1-16-5-4-6-18(15-16)21-14-13-19-11-7-17(8-12-19)20-9-2-3-10-20/h4-6,15,17H,2-3,7-14H2,1H3. The van der Waals surface area contributed by atoms with E-state index in [9.17, 15) is 0 Å². The van der Waals surface area contributed by atoms with E-state index in [1.165, 1.54) is 57.4 Å². The molecule has 21 heavy (non-hydrogen) atoms. The van der Waals surface area contributed by atoms with E-state index in [0.29, 0.717) is 0 Å². The van der Waals surface area contributed by atoms with Crippen molar-refractivity contribution in [3.63, 3.8) is 0 Å². The zero-order valence-electron chi connectivity index (χ0n) is 13.3. The zero-order chi connectivity index (χ0) is 14.5. The van der Waals surface area contributed by atoms with Gasteiger partial charge in [0.25, 0.3) is 0 Å². The average Bonchev–Trinajstić information content (AvgIpc) is 3.02. The predicted molar refractivity (Wildman–Crippen MR) is 86.9 cm³/mol. The van der Waals surface area contributed by atoms with Crippen LogP contribution in [-0.4, -0.2) is 55.2 Å². The maximum atomic E-state index is 5.86. The Kier molecular flexibility index (Phi) is 5.15. The molecule has 3 heteroatoms. The van der Waals surface area contributed by atoms with Crippen molar-refractivity contribution in [3.8, 4) is 5.75 Å². The first-order chi connectivity index (χ1) is 10.3. The van der Waals surface area contributed by atoms with E-state index < -0.39 is 0 Å². The van der Waals surface area contributed by atoms with Crippen LogP contribution in [0.1, 0.15) is 31.2 Å². The molecule has 2 aliphatic rings. The van der Waals surface area contributed by atoms with Gasteiger partial charge < -0.3 is 9.64 Å². The molecule has 0 N–H and O–H groups in total. The molecule has 0 amide bonds. The summed E-state index contributed by atoms with van der Waals surface area (Å²) in [6.07, 6.45) is 5.49. The van der Waals surface area contributed by atoms with Crippen molar-refractivity contribution in [2.75, 3.05) is 39.3 Å². The van der Waals surface area contributed by atoms with E-state index in [1.54, 1.807) is 0 Å². The first-order valence-electron chi connectivity index (χ1n) is 8.47. The summed E-state index contributed by atoms with van der Waals surface area (Å²) in [5, 5.41) is 0. The van der Waals surface area contributed by atoms with Crippen LogP contribution in [0.15, 0.2) is 24.3 Å². The van der Waals surface area contributed by atoms with E-state index in [0.717, 1.165) is 24.9 Å². The van der Waals surface area contributed by atoms with Gasteiger partial charge in [0.1, 0.15) is 12.4 Å². The van der Waals surface area contributed by atoms with Gasteiger partial charge in [-0.05, 0) is 76.5 Å². The number of aryl methyl sites for hydroxylation is 1. The Morgan fingerprint density at radius 2 is 1.86 bits per heavy atom. The molecule has 0 aromatic heterocycles. The van der Waals surface area contributed by atoms with Crippen molar-refractivity contribution in [3.05, 3.63) is 29.8 Å². The van der Waals surface area contributed by atoms with Crippen molar-refractivity contribution < 1.29 is 4.74 Å². The molecule has 0 spiro atoms. The Hall–Kier alpha value is -1.06. The first-order valence-corrected chi connectivity index (χ1v) is 8.47. The number of ether oxygens (including phenoxy) is 1. The molecule has 2 heterocycles. The average molecular weight is 288 g/mol. The second-order valence-electron chi connectivity index (χ2n) is 6.48. The minimum absolute atomic E-state index is 0.803. The summed E-state index contributed by atoms with van der Waals surface area (Å²) in [5.41, 5.74) is 1.26. The summed E-state index contributed by atoms with van der Waals surface area (Å²) < 4.78 is 5.86. The number of likely N-dealkylation sites (tertiary alicyclic amines) is 2. The van der Waals surface area contributed by atoms with Crippen LogP contribution >= 0.6 is 0 Å². The van der Waals surface area contributed by atoms with Gasteiger partial charge in [-0.1, -0.05) is 12.1 Å². The number of piperidine rings is 1. The topological polar surface area (TPSA) is 15.7 Å². The molecule has 0 saturated carbocycles. The maximum Gasteiger partial charge on any atom is 0.119 e. The summed E-state index contributed by atoms with van der Waals surface area (Å²) in [6.45, 7) is 9.10. The lowest BCUT2D eigenvalue weighted by atomic mass is 10.0. The van der Waals surface area contributed by atoms with Gasteiger partial charge in [-0.3, -0.25) is 4.90 Å². The van der Waals surface area contributed by atoms with E-state index >= 15 is 0 Å². The van der Waals surface area contributed by atoms with Crippen LogP contribution in [0.3, 0.4) is 0 Å². The van der Waals surface area contributed by atoms with Gasteiger partial charge in [-0.15, -0.1) is 0 Å². The number of hydrogen-bond donors (Lipinski definition) is 0. The minimum atomic E-state index is 0.803. The smallest absolute Gasteiger partial charge is 0.119 e. The van der Waals surface area contributed by atoms with Crippen LogP contribution < -0.4 is 4.74 Å². The highest BCUT2D eigenvalue weighted by molar-refractivity contribution is 5.27. The molecule has 0 atom stereocenters. The zero-order valence-corrected chi connectivity index (χ0v) is 13.3. The van der Waals surface area contributed by atoms with Crippen LogP contribution in [0.5, 0.6) is 5.75 Å². The molecule has 0 unspecified atom stereocenters. The first kappa shape index (κ1) is 14.9. The highest BCUT2D eigenvalue weighted by Crippen LogP contribution is 2.21. The summed E-state index contributed by atoms with van der Waals surface area (Å²) in [5.74, 6) is 1.00. The lowest BCUT2D eigenvalue weighted by Gasteiger charge is -2.36. The maximum absolute atomic E-state index is 5.86.